The van der Waals surface area contributed by atoms with Crippen LogP contribution in [0.2, 0.25) is 0 Å². The molecule has 0 saturated heterocycles. The second kappa shape index (κ2) is 5.77. The van der Waals surface area contributed by atoms with Gasteiger partial charge in [-0.15, -0.1) is 0 Å². The molecular weight excluding hydrogens is 144 g/mol. The van der Waals surface area contributed by atoms with E-state index in [9.17, 15) is 4.79 Å². The van der Waals surface area contributed by atoms with Gasteiger partial charge in [0.05, 0.1) is 18.8 Å². The summed E-state index contributed by atoms with van der Waals surface area (Å²) in [5.41, 5.74) is 0. The van der Waals surface area contributed by atoms with E-state index in [1.807, 2.05) is 13.8 Å². The van der Waals surface area contributed by atoms with Crippen molar-refractivity contribution in [3.63, 3.8) is 0 Å². The van der Waals surface area contributed by atoms with Crippen LogP contribution in [-0.2, 0) is 9.53 Å². The first-order valence-corrected chi connectivity index (χ1v) is 3.73. The monoisotopic (exact) mass is 158 g/mol. The van der Waals surface area contributed by atoms with E-state index < -0.39 is 11.9 Å². The molecule has 0 aromatic rings. The minimum atomic E-state index is -0.802. The van der Waals surface area contributed by atoms with Crippen LogP contribution in [0.4, 0.5) is 0 Å². The quantitative estimate of drug-likeness (QED) is 0.619. The predicted octanol–water partition coefficient (Wildman–Crippen LogP) is 1.65. The molecule has 1 unspecified atom stereocenters. The SMILES string of the molecule is CCOC=CC(CC)C(=O)O. The maximum atomic E-state index is 10.4. The molecule has 3 heteroatoms. The van der Waals surface area contributed by atoms with Crippen LogP contribution in [0.15, 0.2) is 12.3 Å². The Hall–Kier alpha value is -0.990. The number of aliphatic carboxylic acids is 1. The Morgan fingerprint density at radius 3 is 2.64 bits per heavy atom. The van der Waals surface area contributed by atoms with Gasteiger partial charge in [0.2, 0.25) is 0 Å². The molecule has 0 rings (SSSR count). The number of carboxylic acid groups (broad SMARTS) is 1. The fraction of sp³-hybridized carbons (Fsp3) is 0.625. The van der Waals surface area contributed by atoms with Gasteiger partial charge in [-0.05, 0) is 19.4 Å². The van der Waals surface area contributed by atoms with Crippen LogP contribution in [0.1, 0.15) is 20.3 Å². The van der Waals surface area contributed by atoms with Crippen molar-refractivity contribution in [3.8, 4) is 0 Å². The van der Waals surface area contributed by atoms with Gasteiger partial charge in [-0.3, -0.25) is 4.79 Å². The van der Waals surface area contributed by atoms with Crippen molar-refractivity contribution in [1.29, 1.82) is 0 Å². The molecule has 0 aliphatic carbocycles. The average Bonchev–Trinajstić information content (AvgIpc) is 1.97. The zero-order valence-corrected chi connectivity index (χ0v) is 6.91. The lowest BCUT2D eigenvalue weighted by Crippen LogP contribution is -2.09. The maximum absolute atomic E-state index is 10.4. The molecule has 11 heavy (non-hydrogen) atoms. The summed E-state index contributed by atoms with van der Waals surface area (Å²) in [6.45, 7) is 4.26. The van der Waals surface area contributed by atoms with E-state index in [2.05, 4.69) is 0 Å². The second-order valence-electron chi connectivity index (χ2n) is 2.14. The molecule has 1 atom stereocenters. The van der Waals surface area contributed by atoms with Gasteiger partial charge in [-0.25, -0.2) is 0 Å². The van der Waals surface area contributed by atoms with E-state index in [1.165, 1.54) is 6.26 Å². The van der Waals surface area contributed by atoms with Crippen LogP contribution >= 0.6 is 0 Å². The van der Waals surface area contributed by atoms with Crippen molar-refractivity contribution in [2.45, 2.75) is 20.3 Å². The van der Waals surface area contributed by atoms with Crippen molar-refractivity contribution in [2.24, 2.45) is 5.92 Å². The zero-order chi connectivity index (χ0) is 8.69. The van der Waals surface area contributed by atoms with E-state index in [4.69, 9.17) is 9.84 Å². The highest BCUT2D eigenvalue weighted by molar-refractivity contribution is 5.71. The summed E-state index contributed by atoms with van der Waals surface area (Å²) in [5, 5.41) is 8.57. The van der Waals surface area contributed by atoms with Crippen molar-refractivity contribution in [3.05, 3.63) is 12.3 Å². The van der Waals surface area contributed by atoms with E-state index in [1.54, 1.807) is 6.08 Å². The van der Waals surface area contributed by atoms with Crippen LogP contribution in [0, 0.1) is 5.92 Å². The third kappa shape index (κ3) is 4.42. The third-order valence-electron chi connectivity index (χ3n) is 1.33. The number of rotatable bonds is 5. The molecule has 0 aromatic carbocycles. The summed E-state index contributed by atoms with van der Waals surface area (Å²) in [6.07, 6.45) is 3.60. The van der Waals surface area contributed by atoms with Gasteiger partial charge < -0.3 is 9.84 Å². The molecule has 0 bridgehead atoms. The van der Waals surface area contributed by atoms with Crippen molar-refractivity contribution < 1.29 is 14.6 Å². The Kier molecular flexibility index (Phi) is 5.25. The molecular formula is C8H14O3. The van der Waals surface area contributed by atoms with E-state index in [0.717, 1.165) is 0 Å². The average molecular weight is 158 g/mol. The van der Waals surface area contributed by atoms with Gasteiger partial charge in [-0.1, -0.05) is 6.92 Å². The number of carboxylic acids is 1. The summed E-state index contributed by atoms with van der Waals surface area (Å²) >= 11 is 0. The summed E-state index contributed by atoms with van der Waals surface area (Å²) in [7, 11) is 0. The highest BCUT2D eigenvalue weighted by atomic mass is 16.5. The predicted molar refractivity (Wildman–Crippen MR) is 42.2 cm³/mol. The lowest BCUT2D eigenvalue weighted by atomic mass is 10.1. The molecule has 0 aliphatic rings. The number of carbonyl (C=O) groups is 1. The topological polar surface area (TPSA) is 46.5 Å². The number of hydrogen-bond donors (Lipinski definition) is 1. The molecule has 0 fully saturated rings. The molecule has 3 nitrogen and oxygen atoms in total. The highest BCUT2D eigenvalue weighted by Crippen LogP contribution is 2.03. The summed E-state index contributed by atoms with van der Waals surface area (Å²) < 4.78 is 4.87. The minimum absolute atomic E-state index is 0.415. The normalized spacial score (nSPS) is 13.3. The molecule has 0 aliphatic heterocycles. The van der Waals surface area contributed by atoms with E-state index >= 15 is 0 Å². The number of hydrogen-bond acceptors (Lipinski definition) is 2. The molecule has 0 saturated carbocycles. The minimum Gasteiger partial charge on any atom is -0.502 e. The van der Waals surface area contributed by atoms with E-state index in [-0.39, 0.29) is 0 Å². The van der Waals surface area contributed by atoms with Gasteiger partial charge in [0, 0.05) is 0 Å². The second-order valence-corrected chi connectivity index (χ2v) is 2.14. The van der Waals surface area contributed by atoms with Crippen molar-refractivity contribution in [2.75, 3.05) is 6.61 Å². The Morgan fingerprint density at radius 2 is 2.27 bits per heavy atom. The Bertz CT molecular complexity index is 140. The standard InChI is InChI=1S/C8H14O3/c1-3-7(8(9)10)5-6-11-4-2/h5-7H,3-4H2,1-2H3,(H,9,10). The fourth-order valence-corrected chi connectivity index (χ4v) is 0.640. The summed E-state index contributed by atoms with van der Waals surface area (Å²) in [4.78, 5) is 10.4. The van der Waals surface area contributed by atoms with Crippen LogP contribution in [-0.4, -0.2) is 17.7 Å². The van der Waals surface area contributed by atoms with Gasteiger partial charge in [0.15, 0.2) is 0 Å². The Morgan fingerprint density at radius 1 is 1.64 bits per heavy atom. The molecule has 64 valence electrons. The Labute approximate surface area is 66.7 Å². The van der Waals surface area contributed by atoms with Gasteiger partial charge in [0.1, 0.15) is 0 Å². The van der Waals surface area contributed by atoms with E-state index in [0.29, 0.717) is 13.0 Å². The maximum Gasteiger partial charge on any atom is 0.310 e. The molecule has 0 amide bonds. The lowest BCUT2D eigenvalue weighted by Gasteiger charge is -2.01. The molecule has 0 radical (unpaired) electrons. The first-order chi connectivity index (χ1) is 5.22. The molecule has 0 heterocycles. The van der Waals surface area contributed by atoms with Crippen LogP contribution < -0.4 is 0 Å². The van der Waals surface area contributed by atoms with Gasteiger partial charge in [-0.2, -0.15) is 0 Å². The smallest absolute Gasteiger partial charge is 0.310 e. The summed E-state index contributed by atoms with van der Waals surface area (Å²) in [6, 6.07) is 0. The van der Waals surface area contributed by atoms with Crippen LogP contribution in [0.25, 0.3) is 0 Å². The highest BCUT2D eigenvalue weighted by Gasteiger charge is 2.09. The fourth-order valence-electron chi connectivity index (χ4n) is 0.640. The first-order valence-electron chi connectivity index (χ1n) is 3.73. The van der Waals surface area contributed by atoms with Crippen LogP contribution in [0.3, 0.4) is 0 Å². The van der Waals surface area contributed by atoms with Gasteiger partial charge in [0.25, 0.3) is 0 Å². The largest absolute Gasteiger partial charge is 0.502 e. The van der Waals surface area contributed by atoms with Crippen molar-refractivity contribution >= 4 is 5.97 Å². The van der Waals surface area contributed by atoms with Gasteiger partial charge >= 0.3 is 5.97 Å². The zero-order valence-electron chi connectivity index (χ0n) is 6.91. The molecule has 0 aromatic heterocycles. The Balaban J connectivity index is 3.77. The summed E-state index contributed by atoms with van der Waals surface area (Å²) in [5.74, 6) is -1.22. The molecule has 1 N–H and O–H groups in total. The number of ether oxygens (including phenoxy) is 1. The van der Waals surface area contributed by atoms with Crippen LogP contribution in [0.5, 0.6) is 0 Å². The molecule has 0 spiro atoms. The van der Waals surface area contributed by atoms with Crippen molar-refractivity contribution in [1.82, 2.24) is 0 Å². The third-order valence-corrected chi connectivity index (χ3v) is 1.33. The first kappa shape index (κ1) is 10.0. The lowest BCUT2D eigenvalue weighted by molar-refractivity contribution is -0.140.